The third kappa shape index (κ3) is 4.75. The van der Waals surface area contributed by atoms with Crippen LogP contribution in [0.25, 0.3) is 22.2 Å². The minimum Gasteiger partial charge on any atom is -0.360 e. The number of halogens is 1. The molecular weight excluding hydrogens is 436 g/mol. The normalized spacial score (nSPS) is 23.1. The molecule has 33 heavy (non-hydrogen) atoms. The Bertz CT molecular complexity index is 1160. The number of hydrogen-bond donors (Lipinski definition) is 3. The molecule has 2 aliphatic rings. The van der Waals surface area contributed by atoms with Crippen LogP contribution >= 0.6 is 11.6 Å². The molecule has 1 unspecified atom stereocenters. The van der Waals surface area contributed by atoms with Crippen LogP contribution < -0.4 is 10.6 Å². The van der Waals surface area contributed by atoms with Gasteiger partial charge in [-0.05, 0) is 44.2 Å². The maximum absolute atomic E-state index is 11.9. The van der Waals surface area contributed by atoms with Gasteiger partial charge in [-0.15, -0.1) is 0 Å². The van der Waals surface area contributed by atoms with E-state index in [1.54, 1.807) is 6.20 Å². The number of rotatable bonds is 6. The van der Waals surface area contributed by atoms with Gasteiger partial charge in [-0.2, -0.15) is 0 Å². The Morgan fingerprint density at radius 1 is 1.21 bits per heavy atom. The lowest BCUT2D eigenvalue weighted by molar-refractivity contribution is -0.125. The van der Waals surface area contributed by atoms with Crippen LogP contribution in [0.2, 0.25) is 5.02 Å². The molecular formula is C25H29ClN6O. The number of likely N-dealkylation sites (tertiary alicyclic amines) is 1. The molecule has 2 aromatic heterocycles. The molecule has 1 aliphatic heterocycles. The van der Waals surface area contributed by atoms with Crippen molar-refractivity contribution in [2.24, 2.45) is 0 Å². The van der Waals surface area contributed by atoms with Gasteiger partial charge in [-0.25, -0.2) is 9.97 Å². The van der Waals surface area contributed by atoms with Crippen molar-refractivity contribution in [3.8, 4) is 11.3 Å². The number of anilines is 1. The second kappa shape index (κ2) is 9.53. The van der Waals surface area contributed by atoms with E-state index in [4.69, 9.17) is 16.6 Å². The van der Waals surface area contributed by atoms with E-state index in [2.05, 4.69) is 33.2 Å². The number of H-pyrrole nitrogens is 1. The lowest BCUT2D eigenvalue weighted by atomic mass is 9.90. The van der Waals surface area contributed by atoms with E-state index in [0.29, 0.717) is 29.1 Å². The van der Waals surface area contributed by atoms with Crippen molar-refractivity contribution in [3.05, 3.63) is 54.3 Å². The molecule has 1 saturated heterocycles. The fourth-order valence-electron chi connectivity index (χ4n) is 5.11. The Kier molecular flexibility index (Phi) is 6.33. The van der Waals surface area contributed by atoms with E-state index in [-0.39, 0.29) is 5.91 Å². The first-order valence-electron chi connectivity index (χ1n) is 11.6. The zero-order valence-corrected chi connectivity index (χ0v) is 19.3. The topological polar surface area (TPSA) is 85.9 Å². The van der Waals surface area contributed by atoms with Crippen molar-refractivity contribution >= 4 is 34.4 Å². The molecule has 1 aliphatic carbocycles. The number of fused-ring (bicyclic) bond motifs is 1. The van der Waals surface area contributed by atoms with Crippen LogP contribution in [-0.2, 0) is 4.79 Å². The Hall–Kier alpha value is -2.90. The van der Waals surface area contributed by atoms with Gasteiger partial charge in [0.05, 0.1) is 16.9 Å². The standard InChI is InChI=1S/C25H29ClN6O/c1-2-23(33)32-11-10-18(15-32)29-16-6-5-7-17(12-16)30-25-28-14-21(26)24(31-25)20-13-27-22-9-4-3-8-19(20)22/h2-4,8-9,13-14,16-18,27,29H,1,5-7,10-12,15H2,(H,28,30,31)/t16-,17+,18?/m0/s1. The molecule has 1 saturated carbocycles. The van der Waals surface area contributed by atoms with Crippen LogP contribution in [0.4, 0.5) is 5.95 Å². The molecule has 0 radical (unpaired) electrons. The van der Waals surface area contributed by atoms with Gasteiger partial charge in [-0.1, -0.05) is 36.4 Å². The van der Waals surface area contributed by atoms with Crippen molar-refractivity contribution in [2.75, 3.05) is 18.4 Å². The first-order chi connectivity index (χ1) is 16.1. The molecule has 3 N–H and O–H groups in total. The maximum Gasteiger partial charge on any atom is 0.246 e. The number of amides is 1. The fourth-order valence-corrected chi connectivity index (χ4v) is 5.30. The summed E-state index contributed by atoms with van der Waals surface area (Å²) in [7, 11) is 0. The first kappa shape index (κ1) is 21.9. The zero-order valence-electron chi connectivity index (χ0n) is 18.6. The van der Waals surface area contributed by atoms with E-state index in [1.165, 1.54) is 6.08 Å². The third-order valence-corrected chi connectivity index (χ3v) is 7.02. The second-order valence-corrected chi connectivity index (χ2v) is 9.39. The lowest BCUT2D eigenvalue weighted by Gasteiger charge is -2.32. The quantitative estimate of drug-likeness (QED) is 0.471. The number of nitrogens with zero attached hydrogens (tertiary/aromatic N) is 3. The average Bonchev–Trinajstić information content (AvgIpc) is 3.47. The van der Waals surface area contributed by atoms with Crippen LogP contribution in [-0.4, -0.2) is 57.0 Å². The van der Waals surface area contributed by atoms with Gasteiger partial charge in [0.15, 0.2) is 0 Å². The van der Waals surface area contributed by atoms with Crippen LogP contribution in [0, 0.1) is 0 Å². The summed E-state index contributed by atoms with van der Waals surface area (Å²) in [5, 5.41) is 8.94. The van der Waals surface area contributed by atoms with Crippen molar-refractivity contribution < 1.29 is 4.79 Å². The number of hydrogen-bond acceptors (Lipinski definition) is 5. The van der Waals surface area contributed by atoms with E-state index in [0.717, 1.165) is 67.4 Å². The molecule has 1 amide bonds. The number of para-hydroxylation sites is 1. The maximum atomic E-state index is 11.9. The molecule has 1 aromatic carbocycles. The van der Waals surface area contributed by atoms with Gasteiger partial charge in [0.2, 0.25) is 11.9 Å². The van der Waals surface area contributed by atoms with Gasteiger partial charge < -0.3 is 20.5 Å². The lowest BCUT2D eigenvalue weighted by Crippen LogP contribution is -2.45. The second-order valence-electron chi connectivity index (χ2n) is 8.98. The summed E-state index contributed by atoms with van der Waals surface area (Å²) in [4.78, 5) is 26.3. The number of nitrogens with one attached hydrogen (secondary N) is 3. The van der Waals surface area contributed by atoms with Crippen molar-refractivity contribution in [1.82, 2.24) is 25.2 Å². The van der Waals surface area contributed by atoms with Gasteiger partial charge in [0.25, 0.3) is 0 Å². The van der Waals surface area contributed by atoms with E-state index in [9.17, 15) is 4.79 Å². The summed E-state index contributed by atoms with van der Waals surface area (Å²) in [6, 6.07) is 9.18. The smallest absolute Gasteiger partial charge is 0.246 e. The van der Waals surface area contributed by atoms with E-state index in [1.807, 2.05) is 29.3 Å². The van der Waals surface area contributed by atoms with Gasteiger partial charge >= 0.3 is 0 Å². The number of benzene rings is 1. The summed E-state index contributed by atoms with van der Waals surface area (Å²) >= 11 is 6.48. The number of carbonyl (C=O) groups is 1. The van der Waals surface area contributed by atoms with Crippen molar-refractivity contribution in [1.29, 1.82) is 0 Å². The fraction of sp³-hybridized carbons (Fsp3) is 0.400. The summed E-state index contributed by atoms with van der Waals surface area (Å²) in [6.07, 6.45) is 10.4. The summed E-state index contributed by atoms with van der Waals surface area (Å²) < 4.78 is 0. The van der Waals surface area contributed by atoms with Crippen LogP contribution in [0.3, 0.4) is 0 Å². The van der Waals surface area contributed by atoms with Gasteiger partial charge in [0, 0.05) is 53.9 Å². The minimum absolute atomic E-state index is 0.0216. The Balaban J connectivity index is 1.25. The van der Waals surface area contributed by atoms with Crippen LogP contribution in [0.15, 0.2) is 49.3 Å². The number of carbonyl (C=O) groups excluding carboxylic acids is 1. The highest BCUT2D eigenvalue weighted by molar-refractivity contribution is 6.33. The molecule has 3 heterocycles. The summed E-state index contributed by atoms with van der Waals surface area (Å²) in [5.41, 5.74) is 2.76. The highest BCUT2D eigenvalue weighted by Crippen LogP contribution is 2.32. The highest BCUT2D eigenvalue weighted by Gasteiger charge is 2.29. The molecule has 0 bridgehead atoms. The molecule has 3 aromatic rings. The zero-order chi connectivity index (χ0) is 22.8. The molecule has 3 atom stereocenters. The highest BCUT2D eigenvalue weighted by atomic mass is 35.5. The molecule has 5 rings (SSSR count). The minimum atomic E-state index is 0.0216. The van der Waals surface area contributed by atoms with Crippen LogP contribution in [0.5, 0.6) is 0 Å². The third-order valence-electron chi connectivity index (χ3n) is 6.74. The van der Waals surface area contributed by atoms with Gasteiger partial charge in [-0.3, -0.25) is 4.79 Å². The predicted molar refractivity (Wildman–Crippen MR) is 132 cm³/mol. The number of aromatic nitrogens is 3. The molecule has 172 valence electrons. The molecule has 8 heteroatoms. The van der Waals surface area contributed by atoms with E-state index < -0.39 is 0 Å². The molecule has 0 spiro atoms. The monoisotopic (exact) mass is 464 g/mol. The Morgan fingerprint density at radius 3 is 2.94 bits per heavy atom. The number of aromatic amines is 1. The molecule has 7 nitrogen and oxygen atoms in total. The largest absolute Gasteiger partial charge is 0.360 e. The van der Waals surface area contributed by atoms with Crippen molar-refractivity contribution in [2.45, 2.75) is 50.2 Å². The summed E-state index contributed by atoms with van der Waals surface area (Å²) in [6.45, 7) is 5.15. The summed E-state index contributed by atoms with van der Waals surface area (Å²) in [5.74, 6) is 0.627. The Morgan fingerprint density at radius 2 is 2.06 bits per heavy atom. The Labute approximate surface area is 198 Å². The van der Waals surface area contributed by atoms with Gasteiger partial charge in [0.1, 0.15) is 0 Å². The average molecular weight is 465 g/mol. The first-order valence-corrected chi connectivity index (χ1v) is 12.0. The van der Waals surface area contributed by atoms with E-state index >= 15 is 0 Å². The van der Waals surface area contributed by atoms with Crippen LogP contribution in [0.1, 0.15) is 32.1 Å². The SMILES string of the molecule is C=CC(=O)N1CCC(N[C@H]2CCC[C@@H](Nc3ncc(Cl)c(-c4c[nH]c5ccccc45)n3)C2)C1. The molecule has 2 fully saturated rings. The predicted octanol–water partition coefficient (Wildman–Crippen LogP) is 4.38. The van der Waals surface area contributed by atoms with Crippen molar-refractivity contribution in [3.63, 3.8) is 0 Å².